The summed E-state index contributed by atoms with van der Waals surface area (Å²) < 4.78 is 0. The van der Waals surface area contributed by atoms with Crippen LogP contribution in [0.4, 0.5) is 11.5 Å². The fourth-order valence-electron chi connectivity index (χ4n) is 2.06. The van der Waals surface area contributed by atoms with Crippen LogP contribution in [0.2, 0.25) is 5.02 Å². The minimum Gasteiger partial charge on any atom is -0.396 e. The number of nitrogens with two attached hydrogens (primary N) is 1. The molecule has 0 aromatic carbocycles. The highest BCUT2D eigenvalue weighted by Crippen LogP contribution is 2.30. The van der Waals surface area contributed by atoms with Crippen LogP contribution in [-0.2, 0) is 0 Å². The van der Waals surface area contributed by atoms with Gasteiger partial charge < -0.3 is 16.2 Å². The number of nitrogens with zero attached hydrogens (tertiary/aromatic N) is 1. The molecule has 0 saturated heterocycles. The lowest BCUT2D eigenvalue weighted by molar-refractivity contribution is 0.0614. The van der Waals surface area contributed by atoms with E-state index in [1.807, 2.05) is 0 Å². The molecule has 0 radical (unpaired) electrons. The maximum absolute atomic E-state index is 10.1. The van der Waals surface area contributed by atoms with Crippen LogP contribution in [-0.4, -0.2) is 22.2 Å². The minimum atomic E-state index is -0.603. The van der Waals surface area contributed by atoms with Crippen molar-refractivity contribution in [2.24, 2.45) is 0 Å². The maximum atomic E-state index is 10.1. The molecule has 1 heterocycles. The Morgan fingerprint density at radius 2 is 2.19 bits per heavy atom. The van der Waals surface area contributed by atoms with Gasteiger partial charge in [0.15, 0.2) is 0 Å². The van der Waals surface area contributed by atoms with Crippen molar-refractivity contribution in [3.8, 4) is 0 Å². The molecule has 1 aliphatic carbocycles. The van der Waals surface area contributed by atoms with E-state index in [1.165, 1.54) is 0 Å². The highest BCUT2D eigenvalue weighted by Gasteiger charge is 2.30. The van der Waals surface area contributed by atoms with E-state index in [-0.39, 0.29) is 0 Å². The number of halogens is 1. The molecule has 1 fully saturated rings. The molecule has 1 aliphatic rings. The molecular formula is C11H16ClN3O. The summed E-state index contributed by atoms with van der Waals surface area (Å²) in [6, 6.07) is 1.65. The predicted octanol–water partition coefficient (Wildman–Crippen LogP) is 2.03. The Bertz CT molecular complexity index is 377. The fourth-order valence-corrected chi connectivity index (χ4v) is 2.23. The number of hydrogen-bond acceptors (Lipinski definition) is 4. The second-order valence-electron chi connectivity index (χ2n) is 4.38. The van der Waals surface area contributed by atoms with E-state index in [2.05, 4.69) is 10.3 Å². The number of pyridine rings is 1. The maximum Gasteiger partial charge on any atom is 0.149 e. The number of nitrogens with one attached hydrogen (secondary N) is 1. The number of anilines is 2. The first-order valence-corrected chi connectivity index (χ1v) is 5.84. The molecule has 88 valence electrons. The summed E-state index contributed by atoms with van der Waals surface area (Å²) in [4.78, 5) is 4.09. The van der Waals surface area contributed by atoms with E-state index in [0.29, 0.717) is 23.1 Å². The predicted molar refractivity (Wildman–Crippen MR) is 65.6 cm³/mol. The van der Waals surface area contributed by atoms with Gasteiger partial charge in [-0.15, -0.1) is 0 Å². The smallest absolute Gasteiger partial charge is 0.149 e. The zero-order valence-electron chi connectivity index (χ0n) is 9.04. The summed E-state index contributed by atoms with van der Waals surface area (Å²) in [6.07, 6.45) is 5.39. The summed E-state index contributed by atoms with van der Waals surface area (Å²) in [5.41, 5.74) is 5.66. The zero-order valence-corrected chi connectivity index (χ0v) is 9.80. The molecule has 4 nitrogen and oxygen atoms in total. The van der Waals surface area contributed by atoms with Crippen LogP contribution < -0.4 is 11.1 Å². The van der Waals surface area contributed by atoms with E-state index in [0.717, 1.165) is 25.7 Å². The van der Waals surface area contributed by atoms with Gasteiger partial charge in [0.25, 0.3) is 0 Å². The SMILES string of the molecule is Nc1cc(Cl)cnc1NCC1(O)CCCC1. The Hall–Kier alpha value is -1.00. The zero-order chi connectivity index (χ0) is 11.6. The van der Waals surface area contributed by atoms with Crippen LogP contribution in [0.1, 0.15) is 25.7 Å². The van der Waals surface area contributed by atoms with E-state index in [9.17, 15) is 5.11 Å². The molecule has 1 saturated carbocycles. The molecule has 1 aromatic rings. The molecule has 0 atom stereocenters. The Balaban J connectivity index is 1.99. The number of rotatable bonds is 3. The van der Waals surface area contributed by atoms with Gasteiger partial charge in [-0.3, -0.25) is 0 Å². The van der Waals surface area contributed by atoms with Gasteiger partial charge in [0.2, 0.25) is 0 Å². The number of aliphatic hydroxyl groups is 1. The second-order valence-corrected chi connectivity index (χ2v) is 4.81. The van der Waals surface area contributed by atoms with Gasteiger partial charge in [0.1, 0.15) is 5.82 Å². The molecular weight excluding hydrogens is 226 g/mol. The lowest BCUT2D eigenvalue weighted by Gasteiger charge is -2.23. The minimum absolute atomic E-state index is 0.492. The number of hydrogen-bond donors (Lipinski definition) is 3. The quantitative estimate of drug-likeness (QED) is 0.757. The summed E-state index contributed by atoms with van der Waals surface area (Å²) in [5.74, 6) is 0.588. The van der Waals surface area contributed by atoms with Gasteiger partial charge in [-0.1, -0.05) is 24.4 Å². The van der Waals surface area contributed by atoms with Crippen molar-refractivity contribution in [2.75, 3.05) is 17.6 Å². The second kappa shape index (κ2) is 4.47. The standard InChI is InChI=1S/C11H16ClN3O/c12-8-5-9(13)10(14-6-8)15-7-11(16)3-1-2-4-11/h5-6,16H,1-4,7,13H2,(H,14,15). The first kappa shape index (κ1) is 11.5. The van der Waals surface area contributed by atoms with Crippen molar-refractivity contribution in [3.05, 3.63) is 17.3 Å². The average molecular weight is 242 g/mol. The summed E-state index contributed by atoms with van der Waals surface area (Å²) in [5, 5.41) is 13.7. The molecule has 5 heteroatoms. The molecule has 2 rings (SSSR count). The molecule has 0 unspecified atom stereocenters. The van der Waals surface area contributed by atoms with E-state index in [4.69, 9.17) is 17.3 Å². The van der Waals surface area contributed by atoms with E-state index >= 15 is 0 Å². The van der Waals surface area contributed by atoms with Gasteiger partial charge in [0.05, 0.1) is 16.3 Å². The van der Waals surface area contributed by atoms with Crippen molar-refractivity contribution in [1.82, 2.24) is 4.98 Å². The summed E-state index contributed by atoms with van der Waals surface area (Å²) in [6.45, 7) is 0.492. The number of nitrogen functional groups attached to an aromatic ring is 1. The average Bonchev–Trinajstić information content (AvgIpc) is 2.64. The third-order valence-electron chi connectivity index (χ3n) is 3.00. The van der Waals surface area contributed by atoms with Gasteiger partial charge in [0, 0.05) is 12.7 Å². The Labute approximate surface area is 99.8 Å². The normalized spacial score (nSPS) is 18.6. The molecule has 1 aromatic heterocycles. The summed E-state index contributed by atoms with van der Waals surface area (Å²) >= 11 is 5.75. The topological polar surface area (TPSA) is 71.2 Å². The van der Waals surface area contributed by atoms with Crippen molar-refractivity contribution in [1.29, 1.82) is 0 Å². The van der Waals surface area contributed by atoms with Crippen molar-refractivity contribution >= 4 is 23.1 Å². The molecule has 0 bridgehead atoms. The van der Waals surface area contributed by atoms with Crippen LogP contribution in [0, 0.1) is 0 Å². The van der Waals surface area contributed by atoms with Crippen molar-refractivity contribution in [3.63, 3.8) is 0 Å². The van der Waals surface area contributed by atoms with Gasteiger partial charge in [-0.05, 0) is 18.9 Å². The summed E-state index contributed by atoms with van der Waals surface area (Å²) in [7, 11) is 0. The lowest BCUT2D eigenvalue weighted by atomic mass is 10.0. The van der Waals surface area contributed by atoms with Crippen LogP contribution in [0.15, 0.2) is 12.3 Å². The molecule has 0 amide bonds. The van der Waals surface area contributed by atoms with E-state index in [1.54, 1.807) is 12.3 Å². The van der Waals surface area contributed by atoms with Crippen molar-refractivity contribution < 1.29 is 5.11 Å². The van der Waals surface area contributed by atoms with Gasteiger partial charge >= 0.3 is 0 Å². The molecule has 4 N–H and O–H groups in total. The first-order valence-electron chi connectivity index (χ1n) is 5.46. The lowest BCUT2D eigenvalue weighted by Crippen LogP contribution is -2.33. The van der Waals surface area contributed by atoms with Crippen LogP contribution in [0.3, 0.4) is 0 Å². The third kappa shape index (κ3) is 2.57. The third-order valence-corrected chi connectivity index (χ3v) is 3.21. The molecule has 16 heavy (non-hydrogen) atoms. The monoisotopic (exact) mass is 241 g/mol. The van der Waals surface area contributed by atoms with Crippen LogP contribution >= 0.6 is 11.6 Å². The van der Waals surface area contributed by atoms with Crippen LogP contribution in [0.25, 0.3) is 0 Å². The van der Waals surface area contributed by atoms with E-state index < -0.39 is 5.60 Å². The fraction of sp³-hybridized carbons (Fsp3) is 0.545. The Kier molecular flexibility index (Phi) is 3.21. The largest absolute Gasteiger partial charge is 0.396 e. The van der Waals surface area contributed by atoms with Crippen molar-refractivity contribution in [2.45, 2.75) is 31.3 Å². The Morgan fingerprint density at radius 1 is 1.50 bits per heavy atom. The molecule has 0 aliphatic heterocycles. The number of aromatic nitrogens is 1. The Morgan fingerprint density at radius 3 is 2.81 bits per heavy atom. The first-order chi connectivity index (χ1) is 7.59. The molecule has 0 spiro atoms. The van der Waals surface area contributed by atoms with Crippen LogP contribution in [0.5, 0.6) is 0 Å². The van der Waals surface area contributed by atoms with Gasteiger partial charge in [-0.2, -0.15) is 0 Å². The van der Waals surface area contributed by atoms with Gasteiger partial charge in [-0.25, -0.2) is 4.98 Å². The highest BCUT2D eigenvalue weighted by molar-refractivity contribution is 6.30. The highest BCUT2D eigenvalue weighted by atomic mass is 35.5.